The van der Waals surface area contributed by atoms with E-state index in [0.29, 0.717) is 17.2 Å². The molecular weight excluding hydrogens is 294 g/mol. The molecule has 126 valence electrons. The fraction of sp³-hybridized carbons (Fsp3) is 0.529. The van der Waals surface area contributed by atoms with Crippen molar-refractivity contribution in [3.8, 4) is 17.6 Å². The van der Waals surface area contributed by atoms with Gasteiger partial charge in [0.25, 0.3) is 0 Å². The second-order valence-electron chi connectivity index (χ2n) is 5.89. The summed E-state index contributed by atoms with van der Waals surface area (Å²) in [6, 6.07) is 6.94. The van der Waals surface area contributed by atoms with E-state index in [1.807, 2.05) is 13.8 Å². The van der Waals surface area contributed by atoms with Gasteiger partial charge in [-0.3, -0.25) is 4.79 Å². The minimum absolute atomic E-state index is 0.000766. The van der Waals surface area contributed by atoms with Crippen LogP contribution < -0.4 is 20.1 Å². The summed E-state index contributed by atoms with van der Waals surface area (Å²) in [5.74, 6) is 0.997. The standard InChI is InChI=1S/C17H25N3O3/c1-11(2)17(4,10-18)20-16(21)12(3)19-14-8-7-13(22-5)9-15(14)23-6/h7-9,11-12,19H,1-6H3,(H,20,21)/t12-,17+/m1/s1. The predicted molar refractivity (Wildman–Crippen MR) is 89.6 cm³/mol. The van der Waals surface area contributed by atoms with Gasteiger partial charge < -0.3 is 20.1 Å². The third kappa shape index (κ3) is 4.52. The van der Waals surface area contributed by atoms with Gasteiger partial charge in [0.1, 0.15) is 23.1 Å². The molecule has 0 unspecified atom stereocenters. The van der Waals surface area contributed by atoms with Gasteiger partial charge in [-0.15, -0.1) is 0 Å². The van der Waals surface area contributed by atoms with Crippen LogP contribution in [-0.4, -0.2) is 31.7 Å². The molecule has 1 aromatic rings. The van der Waals surface area contributed by atoms with Crippen molar-refractivity contribution in [2.75, 3.05) is 19.5 Å². The summed E-state index contributed by atoms with van der Waals surface area (Å²) in [6.07, 6.45) is 0. The average Bonchev–Trinajstić information content (AvgIpc) is 2.54. The highest BCUT2D eigenvalue weighted by Crippen LogP contribution is 2.29. The molecule has 0 radical (unpaired) electrons. The number of anilines is 1. The van der Waals surface area contributed by atoms with Crippen LogP contribution in [-0.2, 0) is 4.79 Å². The number of carbonyl (C=O) groups excluding carboxylic acids is 1. The maximum atomic E-state index is 12.4. The number of nitrogens with one attached hydrogen (secondary N) is 2. The molecular formula is C17H25N3O3. The van der Waals surface area contributed by atoms with Gasteiger partial charge in [0.15, 0.2) is 0 Å². The SMILES string of the molecule is COc1ccc(N[C@H](C)C(=O)N[C@@](C)(C#N)C(C)C)c(OC)c1. The van der Waals surface area contributed by atoms with Gasteiger partial charge in [-0.25, -0.2) is 0 Å². The van der Waals surface area contributed by atoms with E-state index >= 15 is 0 Å². The summed E-state index contributed by atoms with van der Waals surface area (Å²) < 4.78 is 10.4. The van der Waals surface area contributed by atoms with Crippen LogP contribution in [0.1, 0.15) is 27.7 Å². The van der Waals surface area contributed by atoms with Gasteiger partial charge in [0.05, 0.1) is 26.0 Å². The Morgan fingerprint density at radius 1 is 1.26 bits per heavy atom. The maximum Gasteiger partial charge on any atom is 0.243 e. The van der Waals surface area contributed by atoms with Gasteiger partial charge in [-0.1, -0.05) is 13.8 Å². The molecule has 0 bridgehead atoms. The first-order valence-electron chi connectivity index (χ1n) is 7.49. The number of carbonyl (C=O) groups is 1. The van der Waals surface area contributed by atoms with Gasteiger partial charge in [0, 0.05) is 6.07 Å². The van der Waals surface area contributed by atoms with Crippen LogP contribution in [0.4, 0.5) is 5.69 Å². The summed E-state index contributed by atoms with van der Waals surface area (Å²) in [6.45, 7) is 7.25. The fourth-order valence-corrected chi connectivity index (χ4v) is 1.88. The van der Waals surface area contributed by atoms with E-state index in [1.165, 1.54) is 0 Å². The zero-order chi connectivity index (χ0) is 17.6. The number of hydrogen-bond acceptors (Lipinski definition) is 5. The largest absolute Gasteiger partial charge is 0.497 e. The van der Waals surface area contributed by atoms with Gasteiger partial charge in [-0.2, -0.15) is 5.26 Å². The lowest BCUT2D eigenvalue weighted by molar-refractivity contribution is -0.123. The minimum atomic E-state index is -0.906. The fourth-order valence-electron chi connectivity index (χ4n) is 1.88. The monoisotopic (exact) mass is 319 g/mol. The highest BCUT2D eigenvalue weighted by atomic mass is 16.5. The van der Waals surface area contributed by atoms with Crippen molar-refractivity contribution in [2.24, 2.45) is 5.92 Å². The second kappa shape index (κ2) is 7.73. The van der Waals surface area contributed by atoms with E-state index in [0.717, 1.165) is 0 Å². The molecule has 0 fully saturated rings. The Labute approximate surface area is 137 Å². The molecule has 0 saturated carbocycles. The molecule has 6 heteroatoms. The minimum Gasteiger partial charge on any atom is -0.497 e. The third-order valence-electron chi connectivity index (χ3n) is 3.94. The number of hydrogen-bond donors (Lipinski definition) is 2. The zero-order valence-corrected chi connectivity index (χ0v) is 14.6. The molecule has 0 spiro atoms. The van der Waals surface area contributed by atoms with Crippen LogP contribution in [0.5, 0.6) is 11.5 Å². The van der Waals surface area contributed by atoms with Crippen molar-refractivity contribution in [1.29, 1.82) is 5.26 Å². The molecule has 1 rings (SSSR count). The predicted octanol–water partition coefficient (Wildman–Crippen LogP) is 2.56. The first kappa shape index (κ1) is 18.6. The first-order valence-corrected chi connectivity index (χ1v) is 7.49. The number of benzene rings is 1. The molecule has 2 N–H and O–H groups in total. The second-order valence-corrected chi connectivity index (χ2v) is 5.89. The molecule has 0 saturated heterocycles. The number of nitrogens with zero attached hydrogens (tertiary/aromatic N) is 1. The molecule has 0 aliphatic heterocycles. The lowest BCUT2D eigenvalue weighted by atomic mass is 9.90. The summed E-state index contributed by atoms with van der Waals surface area (Å²) in [4.78, 5) is 12.4. The van der Waals surface area contributed by atoms with Gasteiger partial charge in [-0.05, 0) is 31.9 Å². The van der Waals surface area contributed by atoms with Crippen LogP contribution in [0.25, 0.3) is 0 Å². The van der Waals surface area contributed by atoms with E-state index in [4.69, 9.17) is 9.47 Å². The van der Waals surface area contributed by atoms with Crippen molar-refractivity contribution in [2.45, 2.75) is 39.3 Å². The highest BCUT2D eigenvalue weighted by Gasteiger charge is 2.31. The molecule has 0 aliphatic rings. The molecule has 1 aromatic carbocycles. The van der Waals surface area contributed by atoms with Gasteiger partial charge in [0.2, 0.25) is 5.91 Å². The molecule has 0 aromatic heterocycles. The Morgan fingerprint density at radius 2 is 1.91 bits per heavy atom. The number of rotatable bonds is 7. The van der Waals surface area contributed by atoms with E-state index in [-0.39, 0.29) is 11.8 Å². The van der Waals surface area contributed by atoms with Crippen LogP contribution in [0, 0.1) is 17.2 Å². The van der Waals surface area contributed by atoms with E-state index in [1.54, 1.807) is 46.3 Å². The van der Waals surface area contributed by atoms with Crippen LogP contribution >= 0.6 is 0 Å². The van der Waals surface area contributed by atoms with Crippen LogP contribution in [0.15, 0.2) is 18.2 Å². The molecule has 2 atom stereocenters. The summed E-state index contributed by atoms with van der Waals surface area (Å²) >= 11 is 0. The van der Waals surface area contributed by atoms with Crippen molar-refractivity contribution in [3.63, 3.8) is 0 Å². The average molecular weight is 319 g/mol. The Hall–Kier alpha value is -2.42. The Bertz CT molecular complexity index is 595. The lowest BCUT2D eigenvalue weighted by Crippen LogP contribution is -2.52. The summed E-state index contributed by atoms with van der Waals surface area (Å²) in [5.41, 5.74) is -0.226. The topological polar surface area (TPSA) is 83.4 Å². The quantitative estimate of drug-likeness (QED) is 0.807. The summed E-state index contributed by atoms with van der Waals surface area (Å²) in [7, 11) is 3.13. The zero-order valence-electron chi connectivity index (χ0n) is 14.6. The molecule has 0 heterocycles. The number of methoxy groups -OCH3 is 2. The smallest absolute Gasteiger partial charge is 0.243 e. The maximum absolute atomic E-state index is 12.4. The van der Waals surface area contributed by atoms with Crippen LogP contribution in [0.3, 0.4) is 0 Å². The molecule has 1 amide bonds. The van der Waals surface area contributed by atoms with E-state index in [2.05, 4.69) is 16.7 Å². The Kier molecular flexibility index (Phi) is 6.26. The lowest BCUT2D eigenvalue weighted by Gasteiger charge is -2.29. The number of amides is 1. The molecule has 6 nitrogen and oxygen atoms in total. The Balaban J connectivity index is 2.86. The number of nitriles is 1. The summed E-state index contributed by atoms with van der Waals surface area (Å²) in [5, 5.41) is 15.2. The first-order chi connectivity index (χ1) is 10.8. The van der Waals surface area contributed by atoms with Crippen molar-refractivity contribution < 1.29 is 14.3 Å². The van der Waals surface area contributed by atoms with Crippen molar-refractivity contribution >= 4 is 11.6 Å². The van der Waals surface area contributed by atoms with Crippen molar-refractivity contribution in [3.05, 3.63) is 18.2 Å². The van der Waals surface area contributed by atoms with E-state index < -0.39 is 11.6 Å². The third-order valence-corrected chi connectivity index (χ3v) is 3.94. The van der Waals surface area contributed by atoms with Crippen molar-refractivity contribution in [1.82, 2.24) is 5.32 Å². The Morgan fingerprint density at radius 3 is 2.39 bits per heavy atom. The number of ether oxygens (including phenoxy) is 2. The molecule has 0 aliphatic carbocycles. The normalized spacial score (nSPS) is 14.3. The van der Waals surface area contributed by atoms with Gasteiger partial charge >= 0.3 is 0 Å². The van der Waals surface area contributed by atoms with Crippen LogP contribution in [0.2, 0.25) is 0 Å². The van der Waals surface area contributed by atoms with E-state index in [9.17, 15) is 10.1 Å². The molecule has 23 heavy (non-hydrogen) atoms. The highest BCUT2D eigenvalue weighted by molar-refractivity contribution is 5.85.